The number of hydrogen-bond donors (Lipinski definition) is 3. The molecular weight excluding hydrogens is 256 g/mol. The zero-order valence-corrected chi connectivity index (χ0v) is 12.2. The summed E-state index contributed by atoms with van der Waals surface area (Å²) in [5.41, 5.74) is 0. The average Bonchev–Trinajstić information content (AvgIpc) is 3.22. The van der Waals surface area contributed by atoms with Gasteiger partial charge in [-0.25, -0.2) is 4.79 Å². The van der Waals surface area contributed by atoms with Crippen molar-refractivity contribution < 1.29 is 14.7 Å². The van der Waals surface area contributed by atoms with Crippen molar-refractivity contribution >= 4 is 12.0 Å². The third-order valence-corrected chi connectivity index (χ3v) is 4.55. The highest BCUT2D eigenvalue weighted by molar-refractivity contribution is 5.74. The van der Waals surface area contributed by atoms with Gasteiger partial charge in [0, 0.05) is 12.1 Å². The molecule has 2 fully saturated rings. The minimum absolute atomic E-state index is 0.0868. The Hall–Kier alpha value is -1.26. The molecule has 2 saturated carbocycles. The van der Waals surface area contributed by atoms with Gasteiger partial charge < -0.3 is 15.7 Å². The number of hydrogen-bond acceptors (Lipinski definition) is 2. The van der Waals surface area contributed by atoms with Gasteiger partial charge in [0.1, 0.15) is 0 Å². The van der Waals surface area contributed by atoms with Crippen LogP contribution in [0.3, 0.4) is 0 Å². The molecule has 0 aliphatic heterocycles. The van der Waals surface area contributed by atoms with Crippen LogP contribution in [0.25, 0.3) is 0 Å². The predicted octanol–water partition coefficient (Wildman–Crippen LogP) is 2.51. The lowest BCUT2D eigenvalue weighted by Crippen LogP contribution is -2.47. The first-order chi connectivity index (χ1) is 9.58. The fraction of sp³-hybridized carbons (Fsp3) is 0.867. The molecule has 2 aliphatic carbocycles. The number of aliphatic carboxylic acids is 1. The Kier molecular flexibility index (Phi) is 5.26. The highest BCUT2D eigenvalue weighted by atomic mass is 16.4. The standard InChI is InChI=1S/C15H26N2O3/c1-2-12(9-10-3-4-10)16-15(20)17-13-7-5-11(6-8-13)14(18)19/h10-13H,2-9H2,1H3,(H,18,19)(H2,16,17,20). The van der Waals surface area contributed by atoms with Crippen LogP contribution in [0.1, 0.15) is 58.3 Å². The number of carbonyl (C=O) groups is 2. The largest absolute Gasteiger partial charge is 0.481 e. The second-order valence-electron chi connectivity index (χ2n) is 6.29. The second-order valence-corrected chi connectivity index (χ2v) is 6.29. The van der Waals surface area contributed by atoms with Crippen molar-refractivity contribution in [2.75, 3.05) is 0 Å². The smallest absolute Gasteiger partial charge is 0.315 e. The molecule has 1 atom stereocenters. The minimum atomic E-state index is -0.705. The lowest BCUT2D eigenvalue weighted by molar-refractivity contribution is -0.142. The van der Waals surface area contributed by atoms with Crippen LogP contribution in [-0.2, 0) is 4.79 Å². The van der Waals surface area contributed by atoms with E-state index in [1.54, 1.807) is 0 Å². The highest BCUT2D eigenvalue weighted by Gasteiger charge is 2.28. The molecule has 2 rings (SSSR count). The van der Waals surface area contributed by atoms with Crippen LogP contribution in [0.15, 0.2) is 0 Å². The molecule has 2 aliphatic rings. The van der Waals surface area contributed by atoms with Crippen molar-refractivity contribution in [2.45, 2.75) is 70.4 Å². The van der Waals surface area contributed by atoms with Gasteiger partial charge in [-0.2, -0.15) is 0 Å². The molecule has 0 aromatic carbocycles. The number of amides is 2. The van der Waals surface area contributed by atoms with Gasteiger partial charge in [0.25, 0.3) is 0 Å². The summed E-state index contributed by atoms with van der Waals surface area (Å²) in [6.07, 6.45) is 7.54. The Balaban J connectivity index is 1.67. The molecular formula is C15H26N2O3. The van der Waals surface area contributed by atoms with Crippen LogP contribution in [0.5, 0.6) is 0 Å². The minimum Gasteiger partial charge on any atom is -0.481 e. The number of carboxylic acids is 1. The van der Waals surface area contributed by atoms with E-state index in [-0.39, 0.29) is 24.0 Å². The Labute approximate surface area is 120 Å². The maximum Gasteiger partial charge on any atom is 0.315 e. The fourth-order valence-corrected chi connectivity index (χ4v) is 2.98. The number of urea groups is 1. The molecule has 5 heteroatoms. The maximum atomic E-state index is 12.0. The van der Waals surface area contributed by atoms with E-state index >= 15 is 0 Å². The molecule has 2 amide bonds. The van der Waals surface area contributed by atoms with Crippen molar-refractivity contribution in [1.82, 2.24) is 10.6 Å². The second kappa shape index (κ2) is 6.95. The van der Waals surface area contributed by atoms with Crippen LogP contribution < -0.4 is 10.6 Å². The topological polar surface area (TPSA) is 78.4 Å². The molecule has 0 bridgehead atoms. The Morgan fingerprint density at radius 2 is 1.80 bits per heavy atom. The quantitative estimate of drug-likeness (QED) is 0.700. The van der Waals surface area contributed by atoms with Gasteiger partial charge in [0.05, 0.1) is 5.92 Å². The third-order valence-electron chi connectivity index (χ3n) is 4.55. The first kappa shape index (κ1) is 15.1. The first-order valence-electron chi connectivity index (χ1n) is 7.88. The van der Waals surface area contributed by atoms with Crippen molar-refractivity contribution in [1.29, 1.82) is 0 Å². The van der Waals surface area contributed by atoms with E-state index < -0.39 is 5.97 Å². The molecule has 0 aromatic rings. The Bertz CT molecular complexity index is 347. The van der Waals surface area contributed by atoms with Gasteiger partial charge in [0.2, 0.25) is 0 Å². The molecule has 0 saturated heterocycles. The van der Waals surface area contributed by atoms with Crippen LogP contribution in [0.2, 0.25) is 0 Å². The molecule has 0 radical (unpaired) electrons. The van der Waals surface area contributed by atoms with Crippen LogP contribution >= 0.6 is 0 Å². The van der Waals surface area contributed by atoms with E-state index in [2.05, 4.69) is 17.6 Å². The van der Waals surface area contributed by atoms with E-state index in [0.29, 0.717) is 12.8 Å². The van der Waals surface area contributed by atoms with E-state index in [0.717, 1.165) is 31.6 Å². The van der Waals surface area contributed by atoms with Gasteiger partial charge in [-0.15, -0.1) is 0 Å². The van der Waals surface area contributed by atoms with Crippen molar-refractivity contribution in [3.05, 3.63) is 0 Å². The lowest BCUT2D eigenvalue weighted by Gasteiger charge is -2.27. The van der Waals surface area contributed by atoms with Gasteiger partial charge in [-0.05, 0) is 44.4 Å². The van der Waals surface area contributed by atoms with Crippen LogP contribution in [0, 0.1) is 11.8 Å². The zero-order chi connectivity index (χ0) is 14.5. The third kappa shape index (κ3) is 4.69. The number of rotatable bonds is 6. The molecule has 0 spiro atoms. The molecule has 20 heavy (non-hydrogen) atoms. The number of carbonyl (C=O) groups excluding carboxylic acids is 1. The lowest BCUT2D eigenvalue weighted by atomic mass is 9.86. The molecule has 114 valence electrons. The van der Waals surface area contributed by atoms with E-state index in [1.165, 1.54) is 12.8 Å². The molecule has 1 unspecified atom stereocenters. The summed E-state index contributed by atoms with van der Waals surface area (Å²) in [6.45, 7) is 2.10. The van der Waals surface area contributed by atoms with Crippen molar-refractivity contribution in [3.63, 3.8) is 0 Å². The first-order valence-corrected chi connectivity index (χ1v) is 7.88. The van der Waals surface area contributed by atoms with Gasteiger partial charge in [0.15, 0.2) is 0 Å². The molecule has 5 nitrogen and oxygen atoms in total. The van der Waals surface area contributed by atoms with Gasteiger partial charge in [-0.1, -0.05) is 19.8 Å². The van der Waals surface area contributed by atoms with Crippen molar-refractivity contribution in [3.8, 4) is 0 Å². The zero-order valence-electron chi connectivity index (χ0n) is 12.2. The van der Waals surface area contributed by atoms with Crippen molar-refractivity contribution in [2.24, 2.45) is 11.8 Å². The van der Waals surface area contributed by atoms with E-state index in [1.807, 2.05) is 0 Å². The van der Waals surface area contributed by atoms with Gasteiger partial charge in [-0.3, -0.25) is 4.79 Å². The summed E-state index contributed by atoms with van der Waals surface area (Å²) in [6, 6.07) is 0.318. The molecule has 0 heterocycles. The van der Waals surface area contributed by atoms with E-state index in [9.17, 15) is 9.59 Å². The number of carboxylic acid groups (broad SMARTS) is 1. The van der Waals surface area contributed by atoms with E-state index in [4.69, 9.17) is 5.11 Å². The normalized spacial score (nSPS) is 27.6. The summed E-state index contributed by atoms with van der Waals surface area (Å²) < 4.78 is 0. The SMILES string of the molecule is CCC(CC1CC1)NC(=O)NC1CCC(C(=O)O)CC1. The molecule has 3 N–H and O–H groups in total. The van der Waals surface area contributed by atoms with Crippen LogP contribution in [0.4, 0.5) is 4.79 Å². The monoisotopic (exact) mass is 282 g/mol. The summed E-state index contributed by atoms with van der Waals surface area (Å²) in [7, 11) is 0. The number of nitrogens with one attached hydrogen (secondary N) is 2. The average molecular weight is 282 g/mol. The molecule has 0 aromatic heterocycles. The maximum absolute atomic E-state index is 12.0. The summed E-state index contributed by atoms with van der Waals surface area (Å²) in [5, 5.41) is 15.0. The fourth-order valence-electron chi connectivity index (χ4n) is 2.98. The summed E-state index contributed by atoms with van der Waals surface area (Å²) >= 11 is 0. The van der Waals surface area contributed by atoms with Crippen LogP contribution in [-0.4, -0.2) is 29.2 Å². The Morgan fingerprint density at radius 1 is 1.15 bits per heavy atom. The summed E-state index contributed by atoms with van der Waals surface area (Å²) in [4.78, 5) is 22.8. The summed E-state index contributed by atoms with van der Waals surface area (Å²) in [5.74, 6) is -0.121. The van der Waals surface area contributed by atoms with Gasteiger partial charge >= 0.3 is 12.0 Å². The highest BCUT2D eigenvalue weighted by Crippen LogP contribution is 2.34. The predicted molar refractivity (Wildman–Crippen MR) is 76.5 cm³/mol. The Morgan fingerprint density at radius 3 is 2.30 bits per heavy atom.